The van der Waals surface area contributed by atoms with Gasteiger partial charge < -0.3 is 0 Å². The summed E-state index contributed by atoms with van der Waals surface area (Å²) in [7, 11) is 5.98. The molecule has 3 atom stereocenters. The van der Waals surface area contributed by atoms with Gasteiger partial charge >= 0.3 is 0 Å². The van der Waals surface area contributed by atoms with Crippen molar-refractivity contribution < 1.29 is 0 Å². The molecule has 4 rings (SSSR count). The van der Waals surface area contributed by atoms with Crippen LogP contribution in [0.5, 0.6) is 0 Å². The smallest absolute Gasteiger partial charge is 0.0577 e. The molecule has 0 radical (unpaired) electrons. The van der Waals surface area contributed by atoms with Crippen LogP contribution in [0.1, 0.15) is 0 Å². The molecule has 0 aliphatic rings. The second-order valence-corrected chi connectivity index (χ2v) is 7.80. The zero-order valence-corrected chi connectivity index (χ0v) is 16.1. The van der Waals surface area contributed by atoms with Gasteiger partial charge in [-0.15, -0.1) is 0 Å². The third-order valence-electron chi connectivity index (χ3n) is 4.26. The molecule has 0 amide bonds. The number of fused-ring (bicyclic) bond motifs is 6. The Bertz CT molecular complexity index is 856. The first-order chi connectivity index (χ1) is 10.2. The van der Waals surface area contributed by atoms with Gasteiger partial charge in [0.1, 0.15) is 0 Å². The van der Waals surface area contributed by atoms with Crippen molar-refractivity contribution in [3.8, 4) is 0 Å². The molecule has 0 aliphatic carbocycles. The van der Waals surface area contributed by atoms with E-state index in [1.165, 1.54) is 48.2 Å². The fourth-order valence-corrected chi connectivity index (χ4v) is 4.93. The summed E-state index contributed by atoms with van der Waals surface area (Å²) < 4.78 is 0. The van der Waals surface area contributed by atoms with Crippen LogP contribution in [0.25, 0.3) is 32.3 Å². The summed E-state index contributed by atoms with van der Waals surface area (Å²) >= 11 is 0. The molecule has 0 spiro atoms. The Hall–Kier alpha value is -1.05. The van der Waals surface area contributed by atoms with E-state index in [9.17, 15) is 0 Å². The van der Waals surface area contributed by atoms with Gasteiger partial charge in [-0.05, 0) is 34.4 Å². The molecule has 0 heterocycles. The summed E-state index contributed by atoms with van der Waals surface area (Å²) in [5.41, 5.74) is 0. The number of hydrogen-bond donors (Lipinski definition) is 0. The highest BCUT2D eigenvalue weighted by atomic mass is 31.0. The van der Waals surface area contributed by atoms with Crippen molar-refractivity contribution in [3.05, 3.63) is 54.6 Å². The van der Waals surface area contributed by atoms with Crippen LogP contribution in [0.2, 0.25) is 0 Å². The van der Waals surface area contributed by atoms with E-state index in [-0.39, 0.29) is 0 Å². The Morgan fingerprint density at radius 1 is 0.429 bits per heavy atom. The Labute approximate surface area is 130 Å². The predicted octanol–water partition coefficient (Wildman–Crippen LogP) is 2.84. The van der Waals surface area contributed by atoms with Crippen LogP contribution in [0.15, 0.2) is 54.6 Å². The van der Waals surface area contributed by atoms with Gasteiger partial charge in [0, 0.05) is 43.9 Å². The molecule has 3 unspecified atom stereocenters. The van der Waals surface area contributed by atoms with Gasteiger partial charge in [-0.1, -0.05) is 36.4 Å². The van der Waals surface area contributed by atoms with Gasteiger partial charge in [-0.2, -0.15) is 0 Å². The van der Waals surface area contributed by atoms with E-state index < -0.39 is 0 Å². The van der Waals surface area contributed by atoms with Crippen molar-refractivity contribution in [2.75, 3.05) is 0 Å². The van der Waals surface area contributed by atoms with Crippen molar-refractivity contribution in [3.63, 3.8) is 0 Å². The van der Waals surface area contributed by atoms with E-state index >= 15 is 0 Å². The molecule has 0 nitrogen and oxygen atoms in total. The highest BCUT2D eigenvalue weighted by Crippen LogP contribution is 2.34. The van der Waals surface area contributed by atoms with E-state index in [1.54, 1.807) is 0 Å². The lowest BCUT2D eigenvalue weighted by molar-refractivity contribution is 1.84. The van der Waals surface area contributed by atoms with Crippen LogP contribution in [0.3, 0.4) is 0 Å². The second kappa shape index (κ2) is 5.00. The minimum Gasteiger partial charge on any atom is -0.0577 e. The topological polar surface area (TPSA) is 0 Å². The van der Waals surface area contributed by atoms with Gasteiger partial charge in [-0.25, -0.2) is 0 Å². The minimum absolute atomic E-state index is 1.39. The summed E-state index contributed by atoms with van der Waals surface area (Å²) in [6.45, 7) is 0. The molecule has 0 bridgehead atoms. The van der Waals surface area contributed by atoms with E-state index in [2.05, 4.69) is 54.6 Å². The maximum absolute atomic E-state index is 2.27. The Kier molecular flexibility index (Phi) is 3.24. The summed E-state index contributed by atoms with van der Waals surface area (Å²) in [6, 6.07) is 20.1. The normalized spacial score (nSPS) is 12.0. The molecular weight excluding hydrogens is 309 g/mol. The number of benzene rings is 4. The monoisotopic (exact) mass is 327 g/mol. The molecule has 3 heteroatoms. The maximum Gasteiger partial charge on any atom is 0.0949 e. The van der Waals surface area contributed by atoms with Crippen molar-refractivity contribution in [1.82, 2.24) is 0 Å². The number of rotatable bonds is 0. The summed E-state index contributed by atoms with van der Waals surface area (Å²) in [4.78, 5) is 0. The zero-order chi connectivity index (χ0) is 14.6. The van der Waals surface area contributed by atoms with E-state index in [4.69, 9.17) is 0 Å². The number of hydrogen-bond acceptors (Lipinski definition) is 0. The standard InChI is InChI=1S/C18H15P3/c19-13-7-1-4-10-16(13)11-5-2-9-15(21)18(11)12-6-3-8-14(20)17(10)12/h1-9H,19-21H2/p+3. The molecule has 4 aromatic rings. The average molecular weight is 327 g/mol. The van der Waals surface area contributed by atoms with E-state index in [1.807, 2.05) is 27.7 Å². The molecular formula is C18H18P3+3. The lowest BCUT2D eigenvalue weighted by Gasteiger charge is -2.11. The quantitative estimate of drug-likeness (QED) is 0.344. The summed E-state index contributed by atoms with van der Waals surface area (Å²) in [5, 5.41) is 12.6. The summed E-state index contributed by atoms with van der Waals surface area (Å²) in [6.07, 6.45) is 0. The molecule has 0 N–H and O–H groups in total. The van der Waals surface area contributed by atoms with Crippen molar-refractivity contribution in [1.29, 1.82) is 0 Å². The van der Waals surface area contributed by atoms with Crippen LogP contribution in [0, 0.1) is 0 Å². The third-order valence-corrected chi connectivity index (χ3v) is 6.03. The zero-order valence-electron chi connectivity index (χ0n) is 11.8. The van der Waals surface area contributed by atoms with Crippen LogP contribution >= 0.6 is 27.7 Å². The molecule has 0 saturated carbocycles. The molecule has 0 fully saturated rings. The van der Waals surface area contributed by atoms with Gasteiger partial charge in [0.2, 0.25) is 0 Å². The predicted molar refractivity (Wildman–Crippen MR) is 111 cm³/mol. The Balaban J connectivity index is 2.51. The van der Waals surface area contributed by atoms with Crippen LogP contribution in [0.4, 0.5) is 0 Å². The molecule has 0 aromatic heterocycles. The molecule has 102 valence electrons. The lowest BCUT2D eigenvalue weighted by Crippen LogP contribution is -2.03. The summed E-state index contributed by atoms with van der Waals surface area (Å²) in [5.74, 6) is 0. The first-order valence-corrected chi connectivity index (χ1v) is 9.16. The largest absolute Gasteiger partial charge is 0.0949 e. The second-order valence-electron chi connectivity index (χ2n) is 5.52. The fourth-order valence-electron chi connectivity index (χ4n) is 3.38. The van der Waals surface area contributed by atoms with Crippen molar-refractivity contribution in [2.45, 2.75) is 0 Å². The minimum atomic E-state index is 1.39. The van der Waals surface area contributed by atoms with Crippen molar-refractivity contribution in [2.24, 2.45) is 0 Å². The van der Waals surface area contributed by atoms with E-state index in [0.717, 1.165) is 0 Å². The van der Waals surface area contributed by atoms with Gasteiger partial charge in [0.25, 0.3) is 0 Å². The Morgan fingerprint density at radius 2 is 0.714 bits per heavy atom. The van der Waals surface area contributed by atoms with Crippen LogP contribution in [-0.4, -0.2) is 0 Å². The van der Waals surface area contributed by atoms with Gasteiger partial charge in [-0.3, -0.25) is 0 Å². The SMILES string of the molecule is [PH3+]c1cccc2c1c1cccc([PH3+])c1c1cccc([PH3+])c21. The van der Waals surface area contributed by atoms with Crippen LogP contribution in [-0.2, 0) is 0 Å². The van der Waals surface area contributed by atoms with Crippen LogP contribution < -0.4 is 15.9 Å². The molecule has 4 aromatic carbocycles. The lowest BCUT2D eigenvalue weighted by atomic mass is 9.94. The van der Waals surface area contributed by atoms with Crippen molar-refractivity contribution >= 4 is 76.0 Å². The van der Waals surface area contributed by atoms with E-state index in [0.29, 0.717) is 0 Å². The fraction of sp³-hybridized carbons (Fsp3) is 0. The third kappa shape index (κ3) is 1.94. The maximum atomic E-state index is 2.27. The highest BCUT2D eigenvalue weighted by molar-refractivity contribution is 7.29. The molecule has 0 saturated heterocycles. The first-order valence-electron chi connectivity index (χ1n) is 7.04. The average Bonchev–Trinajstić information content (AvgIpc) is 2.47. The highest BCUT2D eigenvalue weighted by Gasteiger charge is 2.16. The molecule has 21 heavy (non-hydrogen) atoms. The first kappa shape index (κ1) is 13.6. The Morgan fingerprint density at radius 3 is 1.00 bits per heavy atom. The molecule has 0 aliphatic heterocycles. The van der Waals surface area contributed by atoms with Gasteiger partial charge in [0.15, 0.2) is 0 Å². The van der Waals surface area contributed by atoms with Gasteiger partial charge in [0.05, 0.1) is 15.9 Å².